The summed E-state index contributed by atoms with van der Waals surface area (Å²) < 4.78 is 4.32. The van der Waals surface area contributed by atoms with E-state index in [9.17, 15) is 0 Å². The van der Waals surface area contributed by atoms with Gasteiger partial charge >= 0.3 is 0 Å². The molecule has 0 aliphatic carbocycles. The highest BCUT2D eigenvalue weighted by molar-refractivity contribution is 6.11. The molecule has 0 atom stereocenters. The summed E-state index contributed by atoms with van der Waals surface area (Å²) >= 11 is 0. The maximum absolute atomic E-state index is 6.46. The zero-order valence-corrected chi connectivity index (χ0v) is 23.9. The first-order valence-corrected chi connectivity index (χ1v) is 14.6. The molecule has 6 nitrogen and oxygen atoms in total. The lowest BCUT2D eigenvalue weighted by molar-refractivity contribution is 1.12. The average Bonchev–Trinajstić information content (AvgIpc) is 3.58. The third-order valence-corrected chi connectivity index (χ3v) is 8.02. The molecule has 0 fully saturated rings. The van der Waals surface area contributed by atoms with Gasteiger partial charge in [-0.2, -0.15) is 0 Å². The molecular formula is C38H28N6. The van der Waals surface area contributed by atoms with Crippen molar-refractivity contribution in [2.75, 3.05) is 0 Å². The minimum absolute atomic E-state index is 0.708. The maximum atomic E-state index is 6.46. The fourth-order valence-corrected chi connectivity index (χ4v) is 5.91. The van der Waals surface area contributed by atoms with Crippen molar-refractivity contribution >= 4 is 50.0 Å². The minimum atomic E-state index is 0.708. The Morgan fingerprint density at radius 3 is 2.07 bits per heavy atom. The number of nitrogens with two attached hydrogens (primary N) is 1. The Labute approximate surface area is 254 Å². The highest BCUT2D eigenvalue weighted by Gasteiger charge is 2.21. The number of allylic oxidation sites excluding steroid dienone is 3. The molecule has 6 heteroatoms. The molecule has 0 saturated heterocycles. The number of pyridine rings is 1. The van der Waals surface area contributed by atoms with Gasteiger partial charge in [-0.3, -0.25) is 14.1 Å². The second kappa shape index (κ2) is 10.7. The predicted octanol–water partition coefficient (Wildman–Crippen LogP) is 8.16. The van der Waals surface area contributed by atoms with Gasteiger partial charge in [0, 0.05) is 28.7 Å². The van der Waals surface area contributed by atoms with Crippen molar-refractivity contribution in [1.29, 1.82) is 0 Å². The molecule has 0 bridgehead atoms. The minimum Gasteiger partial charge on any atom is -0.398 e. The van der Waals surface area contributed by atoms with E-state index in [1.807, 2.05) is 66.9 Å². The quantitative estimate of drug-likeness (QED) is 0.205. The van der Waals surface area contributed by atoms with Crippen molar-refractivity contribution < 1.29 is 0 Å². The summed E-state index contributed by atoms with van der Waals surface area (Å²) in [6, 6.07) is 41.3. The van der Waals surface area contributed by atoms with Crippen LogP contribution in [0.3, 0.4) is 0 Å². The Balaban J connectivity index is 1.24. The summed E-state index contributed by atoms with van der Waals surface area (Å²) in [6.07, 6.45) is 8.76. The Hall–Kier alpha value is -6.01. The van der Waals surface area contributed by atoms with Crippen LogP contribution in [0.1, 0.15) is 11.1 Å². The highest BCUT2D eigenvalue weighted by Crippen LogP contribution is 2.35. The topological polar surface area (TPSA) is 74.6 Å². The fourth-order valence-electron chi connectivity index (χ4n) is 5.91. The molecule has 210 valence electrons. The van der Waals surface area contributed by atoms with Crippen LogP contribution in [0.15, 0.2) is 146 Å². The molecule has 4 heterocycles. The molecule has 0 radical (unpaired) electrons. The van der Waals surface area contributed by atoms with Crippen molar-refractivity contribution in [3.05, 3.63) is 157 Å². The first-order chi connectivity index (χ1) is 21.8. The lowest BCUT2D eigenvalue weighted by atomic mass is 10.1. The van der Waals surface area contributed by atoms with Gasteiger partial charge < -0.3 is 5.73 Å². The number of para-hydroxylation sites is 2. The van der Waals surface area contributed by atoms with Gasteiger partial charge in [0.2, 0.25) is 0 Å². The van der Waals surface area contributed by atoms with Gasteiger partial charge in [0.05, 0.1) is 11.0 Å². The van der Waals surface area contributed by atoms with Crippen LogP contribution < -0.4 is 5.73 Å². The largest absolute Gasteiger partial charge is 0.398 e. The molecule has 0 amide bonds. The van der Waals surface area contributed by atoms with Crippen LogP contribution >= 0.6 is 0 Å². The van der Waals surface area contributed by atoms with E-state index in [4.69, 9.17) is 20.7 Å². The third-order valence-electron chi connectivity index (χ3n) is 8.02. The van der Waals surface area contributed by atoms with Gasteiger partial charge in [0.15, 0.2) is 11.3 Å². The van der Waals surface area contributed by atoms with E-state index in [0.717, 1.165) is 67.6 Å². The van der Waals surface area contributed by atoms with Crippen LogP contribution in [-0.4, -0.2) is 24.1 Å². The van der Waals surface area contributed by atoms with E-state index >= 15 is 0 Å². The van der Waals surface area contributed by atoms with Crippen molar-refractivity contribution in [3.8, 4) is 11.4 Å². The first kappa shape index (κ1) is 25.7. The molecule has 2 N–H and O–H groups in total. The summed E-state index contributed by atoms with van der Waals surface area (Å²) in [5, 5.41) is 1.05. The fraction of sp³-hybridized carbons (Fsp3) is 0.0263. The second-order valence-corrected chi connectivity index (χ2v) is 10.7. The van der Waals surface area contributed by atoms with Gasteiger partial charge in [-0.1, -0.05) is 91.0 Å². The van der Waals surface area contributed by atoms with E-state index in [1.54, 1.807) is 0 Å². The molecule has 0 unspecified atom stereocenters. The molecule has 4 aromatic heterocycles. The van der Waals surface area contributed by atoms with Crippen LogP contribution in [-0.2, 0) is 6.42 Å². The monoisotopic (exact) mass is 568 g/mol. The number of rotatable bonds is 6. The Bertz CT molecular complexity index is 2350. The molecular weight excluding hydrogens is 540 g/mol. The van der Waals surface area contributed by atoms with Crippen LogP contribution in [0, 0.1) is 0 Å². The smallest absolute Gasteiger partial charge is 0.166 e. The number of hydrogen-bond donors (Lipinski definition) is 1. The molecule has 0 aliphatic heterocycles. The lowest BCUT2D eigenvalue weighted by Gasteiger charge is -2.09. The molecule has 8 aromatic rings. The number of hydrogen-bond acceptors (Lipinski definition) is 4. The van der Waals surface area contributed by atoms with Crippen LogP contribution in [0.5, 0.6) is 0 Å². The third kappa shape index (κ3) is 4.32. The van der Waals surface area contributed by atoms with Gasteiger partial charge in [-0.05, 0) is 66.1 Å². The number of benzene rings is 4. The van der Waals surface area contributed by atoms with Gasteiger partial charge in [0.1, 0.15) is 16.6 Å². The van der Waals surface area contributed by atoms with Gasteiger partial charge in [0.25, 0.3) is 0 Å². The predicted molar refractivity (Wildman–Crippen MR) is 180 cm³/mol. The molecule has 8 rings (SSSR count). The Kier molecular flexibility index (Phi) is 6.23. The van der Waals surface area contributed by atoms with E-state index in [0.29, 0.717) is 5.70 Å². The van der Waals surface area contributed by atoms with E-state index in [2.05, 4.69) is 88.0 Å². The van der Waals surface area contributed by atoms with Crippen molar-refractivity contribution in [2.24, 2.45) is 5.73 Å². The van der Waals surface area contributed by atoms with E-state index in [-0.39, 0.29) is 0 Å². The number of aromatic nitrogens is 5. The van der Waals surface area contributed by atoms with Gasteiger partial charge in [-0.25, -0.2) is 9.97 Å². The lowest BCUT2D eigenvalue weighted by Crippen LogP contribution is -2.00. The summed E-state index contributed by atoms with van der Waals surface area (Å²) in [5.74, 6) is 0. The summed E-state index contributed by atoms with van der Waals surface area (Å²) in [7, 11) is 0. The molecule has 44 heavy (non-hydrogen) atoms. The number of nitrogens with zero attached hydrogens (tertiary/aromatic N) is 5. The Morgan fingerprint density at radius 2 is 1.25 bits per heavy atom. The standard InChI is InChI=1S/C38H28N6/c39-31(18-9-7-14-26-12-3-1-4-13-26)27-21-23-29(24-22-27)44-33-20-11-25-40-35(33)36-38(44)41-34-30-17-8-10-19-32(30)43(37(34)42-36)28-15-5-2-6-16-28/h1-13,15-25H,14,39H2/b9-7-,31-18-. The maximum Gasteiger partial charge on any atom is 0.166 e. The van der Waals surface area contributed by atoms with E-state index in [1.165, 1.54) is 5.56 Å². The van der Waals surface area contributed by atoms with Crippen LogP contribution in [0.4, 0.5) is 0 Å². The van der Waals surface area contributed by atoms with Crippen molar-refractivity contribution in [2.45, 2.75) is 6.42 Å². The molecule has 4 aromatic carbocycles. The summed E-state index contributed by atoms with van der Waals surface area (Å²) in [5.41, 5.74) is 17.4. The van der Waals surface area contributed by atoms with E-state index < -0.39 is 0 Å². The van der Waals surface area contributed by atoms with Crippen molar-refractivity contribution in [3.63, 3.8) is 0 Å². The van der Waals surface area contributed by atoms with Crippen LogP contribution in [0.2, 0.25) is 0 Å². The number of fused-ring (bicyclic) bond motifs is 6. The summed E-state index contributed by atoms with van der Waals surface area (Å²) in [4.78, 5) is 15.3. The van der Waals surface area contributed by atoms with Crippen LogP contribution in [0.25, 0.3) is 61.3 Å². The van der Waals surface area contributed by atoms with Gasteiger partial charge in [-0.15, -0.1) is 0 Å². The molecule has 0 aliphatic rings. The zero-order valence-electron chi connectivity index (χ0n) is 23.9. The average molecular weight is 569 g/mol. The Morgan fingerprint density at radius 1 is 0.614 bits per heavy atom. The second-order valence-electron chi connectivity index (χ2n) is 10.7. The summed E-state index contributed by atoms with van der Waals surface area (Å²) in [6.45, 7) is 0. The molecule has 0 spiro atoms. The van der Waals surface area contributed by atoms with Crippen molar-refractivity contribution in [1.82, 2.24) is 24.1 Å². The first-order valence-electron chi connectivity index (χ1n) is 14.6. The SMILES string of the molecule is N/C(=C\C=C/Cc1ccccc1)c1ccc(-n2c3cccnc3c3nc4c(nc32)c2ccccc2n4-c2ccccc2)cc1. The zero-order chi connectivity index (χ0) is 29.5. The highest BCUT2D eigenvalue weighted by atomic mass is 15.1. The normalized spacial score (nSPS) is 12.3. The molecule has 0 saturated carbocycles.